The lowest BCUT2D eigenvalue weighted by Crippen LogP contribution is -2.15. The van der Waals surface area contributed by atoms with Crippen molar-refractivity contribution in [3.63, 3.8) is 0 Å². The lowest BCUT2D eigenvalue weighted by molar-refractivity contribution is -0.115. The van der Waals surface area contributed by atoms with Gasteiger partial charge in [0.25, 0.3) is 0 Å². The fraction of sp³-hybridized carbons (Fsp3) is 0.190. The molecular weight excluding hydrogens is 340 g/mol. The van der Waals surface area contributed by atoms with Crippen LogP contribution < -0.4 is 10.1 Å². The largest absolute Gasteiger partial charge is 0.497 e. The molecule has 0 aliphatic carbocycles. The number of aryl methyl sites for hydroxylation is 1. The molecule has 1 N–H and O–H groups in total. The molecule has 1 aromatic heterocycles. The Morgan fingerprint density at radius 3 is 2.48 bits per heavy atom. The van der Waals surface area contributed by atoms with Crippen LogP contribution in [0.1, 0.15) is 23.7 Å². The zero-order valence-electron chi connectivity index (χ0n) is 15.3. The van der Waals surface area contributed by atoms with E-state index >= 15 is 0 Å². The van der Waals surface area contributed by atoms with Gasteiger partial charge in [0, 0.05) is 11.8 Å². The summed E-state index contributed by atoms with van der Waals surface area (Å²) < 4.78 is 6.91. The van der Waals surface area contributed by atoms with Crippen LogP contribution in [0.4, 0.5) is 5.82 Å². The number of hydrogen-bond acceptors (Lipinski definition) is 4. The third kappa shape index (κ3) is 4.33. The van der Waals surface area contributed by atoms with Gasteiger partial charge in [-0.15, -0.1) is 5.10 Å². The third-order valence-electron chi connectivity index (χ3n) is 4.18. The van der Waals surface area contributed by atoms with Crippen LogP contribution in [0, 0.1) is 11.3 Å². The summed E-state index contributed by atoms with van der Waals surface area (Å²) in [6.45, 7) is 2.03. The molecule has 3 rings (SSSR count). The Hall–Kier alpha value is -3.59. The number of rotatable bonds is 6. The van der Waals surface area contributed by atoms with Crippen LogP contribution in [-0.4, -0.2) is 22.8 Å². The highest BCUT2D eigenvalue weighted by molar-refractivity contribution is 5.91. The first-order chi connectivity index (χ1) is 13.1. The van der Waals surface area contributed by atoms with E-state index in [0.29, 0.717) is 11.4 Å². The highest BCUT2D eigenvalue weighted by atomic mass is 16.5. The molecule has 0 aliphatic rings. The number of ether oxygens (including phenoxy) is 1. The van der Waals surface area contributed by atoms with Gasteiger partial charge in [-0.1, -0.05) is 19.1 Å². The zero-order valence-corrected chi connectivity index (χ0v) is 15.3. The minimum absolute atomic E-state index is 0.132. The molecule has 0 radical (unpaired) electrons. The summed E-state index contributed by atoms with van der Waals surface area (Å²) in [6, 6.07) is 18.5. The molecule has 0 saturated carbocycles. The number of carbonyl (C=O) groups excluding carboxylic acids is 1. The van der Waals surface area contributed by atoms with Gasteiger partial charge >= 0.3 is 0 Å². The maximum atomic E-state index is 12.3. The van der Waals surface area contributed by atoms with E-state index in [9.17, 15) is 4.79 Å². The van der Waals surface area contributed by atoms with E-state index < -0.39 is 0 Å². The first kappa shape index (κ1) is 18.2. The van der Waals surface area contributed by atoms with Crippen LogP contribution in [0.2, 0.25) is 0 Å². The van der Waals surface area contributed by atoms with Gasteiger partial charge in [-0.25, -0.2) is 4.68 Å². The Kier molecular flexibility index (Phi) is 5.53. The minimum atomic E-state index is -0.132. The van der Waals surface area contributed by atoms with E-state index in [0.717, 1.165) is 29.1 Å². The standard InChI is InChI=1S/C21H20N4O2/c1-3-17-13-20(24-25(17)18-8-4-16(14-22)5-9-18)23-21(26)12-15-6-10-19(27-2)11-7-15/h4-11,13H,3,12H2,1-2H3,(H,23,24,26). The summed E-state index contributed by atoms with van der Waals surface area (Å²) in [5.41, 5.74) is 3.31. The number of aromatic nitrogens is 2. The molecule has 6 nitrogen and oxygen atoms in total. The van der Waals surface area contributed by atoms with E-state index in [2.05, 4.69) is 16.5 Å². The fourth-order valence-electron chi connectivity index (χ4n) is 2.75. The molecule has 136 valence electrons. The van der Waals surface area contributed by atoms with Crippen molar-refractivity contribution in [1.82, 2.24) is 9.78 Å². The number of anilines is 1. The monoisotopic (exact) mass is 360 g/mol. The van der Waals surface area contributed by atoms with Crippen molar-refractivity contribution in [3.05, 3.63) is 71.4 Å². The third-order valence-corrected chi connectivity index (χ3v) is 4.18. The number of nitriles is 1. The summed E-state index contributed by atoms with van der Waals surface area (Å²) in [6.07, 6.45) is 1.02. The van der Waals surface area contributed by atoms with Gasteiger partial charge in [0.2, 0.25) is 5.91 Å². The Labute approximate surface area is 158 Å². The summed E-state index contributed by atoms with van der Waals surface area (Å²) in [5.74, 6) is 1.13. The van der Waals surface area contributed by atoms with Crippen molar-refractivity contribution >= 4 is 11.7 Å². The summed E-state index contributed by atoms with van der Waals surface area (Å²) >= 11 is 0. The lowest BCUT2D eigenvalue weighted by atomic mass is 10.1. The van der Waals surface area contributed by atoms with Gasteiger partial charge in [0.05, 0.1) is 30.9 Å². The Morgan fingerprint density at radius 1 is 1.19 bits per heavy atom. The van der Waals surface area contributed by atoms with Crippen molar-refractivity contribution in [2.24, 2.45) is 0 Å². The number of amides is 1. The molecule has 3 aromatic rings. The fourth-order valence-corrected chi connectivity index (χ4v) is 2.75. The van der Waals surface area contributed by atoms with Crippen molar-refractivity contribution in [2.75, 3.05) is 12.4 Å². The molecule has 0 atom stereocenters. The van der Waals surface area contributed by atoms with E-state index in [-0.39, 0.29) is 12.3 Å². The maximum Gasteiger partial charge on any atom is 0.229 e. The van der Waals surface area contributed by atoms with Crippen molar-refractivity contribution in [1.29, 1.82) is 5.26 Å². The van der Waals surface area contributed by atoms with E-state index in [1.807, 2.05) is 49.4 Å². The smallest absolute Gasteiger partial charge is 0.229 e. The highest BCUT2D eigenvalue weighted by Crippen LogP contribution is 2.18. The topological polar surface area (TPSA) is 79.9 Å². The number of nitrogens with one attached hydrogen (secondary N) is 1. The molecule has 0 bridgehead atoms. The quantitative estimate of drug-likeness (QED) is 0.730. The number of benzene rings is 2. The summed E-state index contributed by atoms with van der Waals surface area (Å²) in [4.78, 5) is 12.3. The van der Waals surface area contributed by atoms with Crippen molar-refractivity contribution < 1.29 is 9.53 Å². The second-order valence-electron chi connectivity index (χ2n) is 6.02. The van der Waals surface area contributed by atoms with Crippen LogP contribution in [0.5, 0.6) is 5.75 Å². The summed E-state index contributed by atoms with van der Waals surface area (Å²) in [5, 5.41) is 16.3. The number of methoxy groups -OCH3 is 1. The molecule has 0 saturated heterocycles. The van der Waals surface area contributed by atoms with Crippen LogP contribution in [-0.2, 0) is 17.6 Å². The normalized spacial score (nSPS) is 10.3. The average Bonchev–Trinajstić information content (AvgIpc) is 3.11. The van der Waals surface area contributed by atoms with Crippen LogP contribution in [0.3, 0.4) is 0 Å². The van der Waals surface area contributed by atoms with Gasteiger partial charge < -0.3 is 10.1 Å². The van der Waals surface area contributed by atoms with E-state index in [1.165, 1.54) is 0 Å². The van der Waals surface area contributed by atoms with Crippen LogP contribution in [0.15, 0.2) is 54.6 Å². The molecule has 6 heteroatoms. The Bertz CT molecular complexity index is 967. The van der Waals surface area contributed by atoms with Crippen LogP contribution in [0.25, 0.3) is 5.69 Å². The van der Waals surface area contributed by atoms with E-state index in [4.69, 9.17) is 10.00 Å². The van der Waals surface area contributed by atoms with Gasteiger partial charge in [-0.05, 0) is 48.4 Å². The SMILES string of the molecule is CCc1cc(NC(=O)Cc2ccc(OC)cc2)nn1-c1ccc(C#N)cc1. The number of carbonyl (C=O) groups is 1. The molecule has 0 unspecified atom stereocenters. The highest BCUT2D eigenvalue weighted by Gasteiger charge is 2.11. The predicted molar refractivity (Wildman–Crippen MR) is 103 cm³/mol. The first-order valence-electron chi connectivity index (χ1n) is 8.65. The zero-order chi connectivity index (χ0) is 19.2. The Morgan fingerprint density at radius 2 is 1.89 bits per heavy atom. The predicted octanol–water partition coefficient (Wildman–Crippen LogP) is 3.50. The molecule has 0 aliphatic heterocycles. The second kappa shape index (κ2) is 8.19. The molecule has 0 fully saturated rings. The molecule has 0 spiro atoms. The molecular formula is C21H20N4O2. The van der Waals surface area contributed by atoms with Crippen molar-refractivity contribution in [2.45, 2.75) is 19.8 Å². The minimum Gasteiger partial charge on any atom is -0.497 e. The average molecular weight is 360 g/mol. The first-order valence-corrected chi connectivity index (χ1v) is 8.65. The van der Waals surface area contributed by atoms with Crippen molar-refractivity contribution in [3.8, 4) is 17.5 Å². The van der Waals surface area contributed by atoms with E-state index in [1.54, 1.807) is 23.9 Å². The second-order valence-corrected chi connectivity index (χ2v) is 6.02. The molecule has 1 heterocycles. The number of nitrogens with zero attached hydrogens (tertiary/aromatic N) is 3. The van der Waals surface area contributed by atoms with Gasteiger partial charge in [-0.3, -0.25) is 4.79 Å². The number of hydrogen-bond donors (Lipinski definition) is 1. The van der Waals surface area contributed by atoms with Crippen LogP contribution >= 0.6 is 0 Å². The Balaban J connectivity index is 1.73. The van der Waals surface area contributed by atoms with Gasteiger partial charge in [0.1, 0.15) is 5.75 Å². The lowest BCUT2D eigenvalue weighted by Gasteiger charge is -2.05. The summed E-state index contributed by atoms with van der Waals surface area (Å²) in [7, 11) is 1.61. The molecule has 1 amide bonds. The maximum absolute atomic E-state index is 12.3. The van der Waals surface area contributed by atoms with Gasteiger partial charge in [-0.2, -0.15) is 5.26 Å². The molecule has 27 heavy (non-hydrogen) atoms. The van der Waals surface area contributed by atoms with Gasteiger partial charge in [0.15, 0.2) is 5.82 Å². The molecule has 2 aromatic carbocycles.